The van der Waals surface area contributed by atoms with Gasteiger partial charge in [-0.3, -0.25) is 9.59 Å². The van der Waals surface area contributed by atoms with Gasteiger partial charge in [-0.25, -0.2) is 0 Å². The summed E-state index contributed by atoms with van der Waals surface area (Å²) in [7, 11) is 0. The minimum Gasteiger partial charge on any atom is -0.458 e. The lowest BCUT2D eigenvalue weighted by Crippen LogP contribution is -2.54. The Labute approximate surface area is 150 Å². The van der Waals surface area contributed by atoms with Gasteiger partial charge in [-0.1, -0.05) is 19.4 Å². The fourth-order valence-corrected chi connectivity index (χ4v) is 7.85. The number of rotatable bonds is 0. The molecule has 5 rings (SSSR count). The normalized spacial score (nSPS) is 51.6. The van der Waals surface area contributed by atoms with Crippen LogP contribution in [0.15, 0.2) is 11.6 Å². The third-order valence-electron chi connectivity index (χ3n) is 9.29. The van der Waals surface area contributed by atoms with Gasteiger partial charge in [-0.05, 0) is 80.6 Å². The molecule has 5 aliphatic rings. The molecule has 6 atom stereocenters. The van der Waals surface area contributed by atoms with Gasteiger partial charge >= 0.3 is 5.97 Å². The lowest BCUT2D eigenvalue weighted by atomic mass is 9.46. The molecule has 1 aliphatic heterocycles. The first-order valence-corrected chi connectivity index (χ1v) is 10.3. The van der Waals surface area contributed by atoms with E-state index in [1.165, 1.54) is 31.3 Å². The Morgan fingerprint density at radius 2 is 1.72 bits per heavy atom. The summed E-state index contributed by atoms with van der Waals surface area (Å²) in [6.07, 6.45) is 12.3. The van der Waals surface area contributed by atoms with Crippen molar-refractivity contribution in [1.29, 1.82) is 0 Å². The fourth-order valence-electron chi connectivity index (χ4n) is 7.85. The maximum atomic E-state index is 11.9. The highest BCUT2D eigenvalue weighted by Gasteiger charge is 2.66. The summed E-state index contributed by atoms with van der Waals surface area (Å²) in [6.45, 7) is 4.86. The highest BCUT2D eigenvalue weighted by atomic mass is 16.6. The molecule has 0 aromatic carbocycles. The van der Waals surface area contributed by atoms with Crippen LogP contribution in [-0.4, -0.2) is 17.4 Å². The summed E-state index contributed by atoms with van der Waals surface area (Å²) in [6, 6.07) is 0. The Morgan fingerprint density at radius 3 is 2.48 bits per heavy atom. The number of carbonyl (C=O) groups is 2. The number of allylic oxidation sites excluding steroid dienone is 1. The molecule has 1 saturated heterocycles. The molecule has 0 bridgehead atoms. The van der Waals surface area contributed by atoms with E-state index >= 15 is 0 Å². The molecule has 4 aliphatic carbocycles. The van der Waals surface area contributed by atoms with Crippen LogP contribution in [0.2, 0.25) is 0 Å². The van der Waals surface area contributed by atoms with Crippen LogP contribution in [-0.2, 0) is 14.3 Å². The van der Waals surface area contributed by atoms with Crippen molar-refractivity contribution in [3.8, 4) is 0 Å². The minimum absolute atomic E-state index is 0.0237. The molecular formula is C22H30O3. The van der Waals surface area contributed by atoms with Gasteiger partial charge in [0.05, 0.1) is 0 Å². The Hall–Kier alpha value is -1.12. The summed E-state index contributed by atoms with van der Waals surface area (Å²) >= 11 is 0. The standard InChI is InChI=1S/C22H30O3/c1-20-9-5-15(23)13-14(20)3-4-16-17(20)6-10-21(2)18(16)7-11-22(21)12-8-19(24)25-22/h13,16-18H,3-12H2,1-2H3/t16-,17?,18?,20+,21+,22-/m1/s1. The topological polar surface area (TPSA) is 43.4 Å². The second-order valence-corrected chi connectivity index (χ2v) is 9.93. The quantitative estimate of drug-likeness (QED) is 0.605. The number of esters is 1. The number of ether oxygens (including phenoxy) is 1. The zero-order chi connectivity index (χ0) is 17.4. The number of hydrogen-bond acceptors (Lipinski definition) is 3. The lowest BCUT2D eigenvalue weighted by molar-refractivity contribution is -0.168. The van der Waals surface area contributed by atoms with E-state index in [4.69, 9.17) is 4.74 Å². The number of hydrogen-bond donors (Lipinski definition) is 0. The summed E-state index contributed by atoms with van der Waals surface area (Å²) in [5.41, 5.74) is 1.68. The van der Waals surface area contributed by atoms with Crippen LogP contribution in [0.5, 0.6) is 0 Å². The maximum Gasteiger partial charge on any atom is 0.306 e. The van der Waals surface area contributed by atoms with E-state index < -0.39 is 0 Å². The van der Waals surface area contributed by atoms with Crippen LogP contribution in [0.1, 0.15) is 78.1 Å². The molecule has 1 spiro atoms. The van der Waals surface area contributed by atoms with E-state index in [1.807, 2.05) is 6.08 Å². The first-order chi connectivity index (χ1) is 11.9. The largest absolute Gasteiger partial charge is 0.458 e. The van der Waals surface area contributed by atoms with E-state index in [2.05, 4.69) is 13.8 Å². The minimum atomic E-state index is -0.167. The Balaban J connectivity index is 1.49. The van der Waals surface area contributed by atoms with E-state index in [0.29, 0.717) is 24.0 Å². The van der Waals surface area contributed by atoms with Crippen LogP contribution in [0, 0.1) is 28.6 Å². The third kappa shape index (κ3) is 1.93. The molecule has 3 nitrogen and oxygen atoms in total. The Bertz CT molecular complexity index is 679. The van der Waals surface area contributed by atoms with E-state index in [1.54, 1.807) is 0 Å². The lowest BCUT2D eigenvalue weighted by Gasteiger charge is -2.59. The average Bonchev–Trinajstić information content (AvgIpc) is 3.10. The zero-order valence-corrected chi connectivity index (χ0v) is 15.6. The van der Waals surface area contributed by atoms with Gasteiger partial charge in [-0.15, -0.1) is 0 Å². The van der Waals surface area contributed by atoms with Crippen molar-refractivity contribution in [3.63, 3.8) is 0 Å². The van der Waals surface area contributed by atoms with E-state index in [9.17, 15) is 9.59 Å². The van der Waals surface area contributed by atoms with Crippen LogP contribution in [0.4, 0.5) is 0 Å². The molecule has 3 saturated carbocycles. The summed E-state index contributed by atoms with van der Waals surface area (Å²) < 4.78 is 6.01. The van der Waals surface area contributed by atoms with Crippen molar-refractivity contribution in [2.75, 3.05) is 0 Å². The second-order valence-electron chi connectivity index (χ2n) is 9.93. The molecule has 4 fully saturated rings. The van der Waals surface area contributed by atoms with Gasteiger partial charge in [0.1, 0.15) is 5.60 Å². The van der Waals surface area contributed by atoms with Crippen molar-refractivity contribution >= 4 is 11.8 Å². The van der Waals surface area contributed by atoms with Gasteiger partial charge in [0.15, 0.2) is 5.78 Å². The maximum absolute atomic E-state index is 11.9. The van der Waals surface area contributed by atoms with Crippen molar-refractivity contribution in [1.82, 2.24) is 0 Å². The summed E-state index contributed by atoms with van der Waals surface area (Å²) in [4.78, 5) is 23.8. The predicted octanol–water partition coefficient (Wildman–Crippen LogP) is 4.59. The number of carbonyl (C=O) groups excluding carboxylic acids is 2. The van der Waals surface area contributed by atoms with Crippen LogP contribution in [0.25, 0.3) is 0 Å². The van der Waals surface area contributed by atoms with Gasteiger partial charge in [0.2, 0.25) is 0 Å². The third-order valence-corrected chi connectivity index (χ3v) is 9.29. The molecular weight excluding hydrogens is 312 g/mol. The van der Waals surface area contributed by atoms with Crippen molar-refractivity contribution < 1.29 is 14.3 Å². The van der Waals surface area contributed by atoms with Gasteiger partial charge < -0.3 is 4.74 Å². The van der Waals surface area contributed by atoms with Crippen molar-refractivity contribution in [3.05, 3.63) is 11.6 Å². The molecule has 0 radical (unpaired) electrons. The van der Waals surface area contributed by atoms with Crippen molar-refractivity contribution in [2.45, 2.75) is 83.7 Å². The highest BCUT2D eigenvalue weighted by molar-refractivity contribution is 5.91. The van der Waals surface area contributed by atoms with Gasteiger partial charge in [-0.2, -0.15) is 0 Å². The van der Waals surface area contributed by atoms with E-state index in [-0.39, 0.29) is 22.4 Å². The molecule has 0 N–H and O–H groups in total. The second kappa shape index (κ2) is 4.98. The molecule has 3 heteroatoms. The molecule has 2 unspecified atom stereocenters. The molecule has 1 heterocycles. The number of ketones is 1. The van der Waals surface area contributed by atoms with E-state index in [0.717, 1.165) is 38.0 Å². The zero-order valence-electron chi connectivity index (χ0n) is 15.6. The first kappa shape index (κ1) is 16.1. The Kier molecular flexibility index (Phi) is 3.21. The Morgan fingerprint density at radius 1 is 0.920 bits per heavy atom. The molecule has 25 heavy (non-hydrogen) atoms. The monoisotopic (exact) mass is 342 g/mol. The molecule has 0 aromatic heterocycles. The van der Waals surface area contributed by atoms with Gasteiger partial charge in [0, 0.05) is 18.3 Å². The summed E-state index contributed by atoms with van der Waals surface area (Å²) in [5, 5.41) is 0. The predicted molar refractivity (Wildman–Crippen MR) is 94.8 cm³/mol. The number of fused-ring (bicyclic) bond motifs is 6. The average molecular weight is 342 g/mol. The first-order valence-electron chi connectivity index (χ1n) is 10.3. The van der Waals surface area contributed by atoms with Gasteiger partial charge in [0.25, 0.3) is 0 Å². The SMILES string of the molecule is C[C@]12CCC(=O)C=C1CC[C@@H]1C2CC[C@@]2(C)C1CC[C@@]21CCC(=O)O1. The molecule has 136 valence electrons. The molecule has 0 amide bonds. The van der Waals surface area contributed by atoms with Crippen LogP contribution >= 0.6 is 0 Å². The molecule has 0 aromatic rings. The van der Waals surface area contributed by atoms with Crippen LogP contribution < -0.4 is 0 Å². The smallest absolute Gasteiger partial charge is 0.306 e. The summed E-state index contributed by atoms with van der Waals surface area (Å²) in [5.74, 6) is 2.51. The van der Waals surface area contributed by atoms with Crippen molar-refractivity contribution in [2.24, 2.45) is 28.6 Å². The fraction of sp³-hybridized carbons (Fsp3) is 0.818. The highest BCUT2D eigenvalue weighted by Crippen LogP contribution is 2.69. The van der Waals surface area contributed by atoms with Crippen LogP contribution in [0.3, 0.4) is 0 Å².